The summed E-state index contributed by atoms with van der Waals surface area (Å²) in [5.74, 6) is -0.594. The van der Waals surface area contributed by atoms with Crippen LogP contribution >= 0.6 is 0 Å². The number of carbonyl (C=O) groups excluding carboxylic acids is 1. The van der Waals surface area contributed by atoms with Gasteiger partial charge in [0, 0.05) is 25.0 Å². The van der Waals surface area contributed by atoms with Gasteiger partial charge < -0.3 is 5.32 Å². The van der Waals surface area contributed by atoms with Crippen molar-refractivity contribution in [1.29, 1.82) is 0 Å². The molecule has 1 aliphatic rings. The van der Waals surface area contributed by atoms with E-state index < -0.39 is 15.9 Å². The average molecular weight is 430 g/mol. The van der Waals surface area contributed by atoms with Crippen molar-refractivity contribution in [2.24, 2.45) is 5.92 Å². The lowest BCUT2D eigenvalue weighted by Crippen LogP contribution is -2.43. The van der Waals surface area contributed by atoms with Crippen LogP contribution in [0.25, 0.3) is 5.65 Å². The summed E-state index contributed by atoms with van der Waals surface area (Å²) in [6.07, 6.45) is 4.13. The summed E-state index contributed by atoms with van der Waals surface area (Å²) >= 11 is 0. The lowest BCUT2D eigenvalue weighted by Gasteiger charge is -2.30. The van der Waals surface area contributed by atoms with E-state index in [2.05, 4.69) is 10.4 Å². The minimum absolute atomic E-state index is 0.195. The van der Waals surface area contributed by atoms with E-state index in [0.717, 1.165) is 11.8 Å². The second-order valence-corrected chi connectivity index (χ2v) is 9.50. The van der Waals surface area contributed by atoms with Gasteiger partial charge in [0.15, 0.2) is 5.65 Å². The van der Waals surface area contributed by atoms with Gasteiger partial charge in [-0.3, -0.25) is 9.20 Å². The number of hydrogen-bond donors (Lipinski definition) is 1. The monoisotopic (exact) mass is 429 g/mol. The van der Waals surface area contributed by atoms with Crippen LogP contribution in [0.15, 0.2) is 53.5 Å². The Hall–Kier alpha value is -2.98. The number of aromatic nitrogens is 3. The van der Waals surface area contributed by atoms with Crippen molar-refractivity contribution in [3.63, 3.8) is 0 Å². The molecular formula is C20H23N5O4S. The Balaban J connectivity index is 1.47. The molecule has 1 aromatic carbocycles. The quantitative estimate of drug-likeness (QED) is 0.655. The Morgan fingerprint density at radius 2 is 2.07 bits per heavy atom. The van der Waals surface area contributed by atoms with Crippen LogP contribution in [0.3, 0.4) is 0 Å². The summed E-state index contributed by atoms with van der Waals surface area (Å²) in [5.41, 5.74) is 1.76. The first-order valence-electron chi connectivity index (χ1n) is 9.70. The standard InChI is InChI=1S/C20H23N5O4S/c1-30(28,29)23-10-5-7-16(14-23)19(26)21-17-8-4-6-15(12-17)13-25-20(27)24-11-3-2-9-18(24)22-25/h2-4,6,8-9,11-12,16H,5,7,10,13-14H2,1H3,(H,21,26). The summed E-state index contributed by atoms with van der Waals surface area (Å²) in [6, 6.07) is 12.6. The van der Waals surface area contributed by atoms with E-state index in [9.17, 15) is 18.0 Å². The number of amides is 1. The number of fused-ring (bicyclic) bond motifs is 1. The maximum Gasteiger partial charge on any atom is 0.350 e. The predicted molar refractivity (Wildman–Crippen MR) is 113 cm³/mol. The van der Waals surface area contributed by atoms with Crippen molar-refractivity contribution in [2.75, 3.05) is 24.7 Å². The SMILES string of the molecule is CS(=O)(=O)N1CCCC(C(=O)Nc2cccc(Cn3nc4ccccn4c3=O)c2)C1. The van der Waals surface area contributed by atoms with Crippen LogP contribution in [-0.4, -0.2) is 52.2 Å². The molecule has 1 unspecified atom stereocenters. The first-order chi connectivity index (χ1) is 14.3. The molecule has 4 rings (SSSR count). The third-order valence-corrected chi connectivity index (χ3v) is 6.51. The zero-order valence-electron chi connectivity index (χ0n) is 16.6. The smallest absolute Gasteiger partial charge is 0.326 e. The van der Waals surface area contributed by atoms with Crippen LogP contribution in [0, 0.1) is 5.92 Å². The fourth-order valence-corrected chi connectivity index (χ4v) is 4.60. The molecule has 30 heavy (non-hydrogen) atoms. The summed E-state index contributed by atoms with van der Waals surface area (Å²) in [6.45, 7) is 0.919. The third-order valence-electron chi connectivity index (χ3n) is 5.24. The summed E-state index contributed by atoms with van der Waals surface area (Å²) in [4.78, 5) is 25.1. The molecule has 9 nitrogen and oxygen atoms in total. The van der Waals surface area contributed by atoms with Gasteiger partial charge in [-0.05, 0) is 42.7 Å². The molecule has 10 heteroatoms. The Morgan fingerprint density at radius 1 is 1.23 bits per heavy atom. The largest absolute Gasteiger partial charge is 0.350 e. The van der Waals surface area contributed by atoms with Crippen molar-refractivity contribution in [1.82, 2.24) is 18.5 Å². The van der Waals surface area contributed by atoms with Gasteiger partial charge in [0.1, 0.15) is 0 Å². The number of nitrogens with zero attached hydrogens (tertiary/aromatic N) is 4. The molecule has 0 saturated carbocycles. The highest BCUT2D eigenvalue weighted by Gasteiger charge is 2.30. The topological polar surface area (TPSA) is 106 Å². The van der Waals surface area contributed by atoms with Crippen molar-refractivity contribution in [3.8, 4) is 0 Å². The number of rotatable bonds is 5. The van der Waals surface area contributed by atoms with E-state index in [4.69, 9.17) is 0 Å². The third kappa shape index (κ3) is 4.29. The lowest BCUT2D eigenvalue weighted by molar-refractivity contribution is -0.120. The van der Waals surface area contributed by atoms with Gasteiger partial charge in [0.05, 0.1) is 18.7 Å². The zero-order valence-corrected chi connectivity index (χ0v) is 17.4. The molecule has 0 spiro atoms. The molecule has 0 aliphatic carbocycles. The maximum atomic E-state index is 12.7. The van der Waals surface area contributed by atoms with Crippen molar-refractivity contribution in [2.45, 2.75) is 19.4 Å². The van der Waals surface area contributed by atoms with Crippen molar-refractivity contribution >= 4 is 27.3 Å². The van der Waals surface area contributed by atoms with Crippen LogP contribution in [0.5, 0.6) is 0 Å². The van der Waals surface area contributed by atoms with Gasteiger partial charge in [-0.25, -0.2) is 22.2 Å². The highest BCUT2D eigenvalue weighted by Crippen LogP contribution is 2.21. The summed E-state index contributed by atoms with van der Waals surface area (Å²) < 4.78 is 27.8. The van der Waals surface area contributed by atoms with Crippen LogP contribution in [0.2, 0.25) is 0 Å². The number of anilines is 1. The van der Waals surface area contributed by atoms with Gasteiger partial charge in [-0.2, -0.15) is 0 Å². The molecule has 3 heterocycles. The molecule has 0 bridgehead atoms. The van der Waals surface area contributed by atoms with Crippen LogP contribution in [0.4, 0.5) is 5.69 Å². The normalized spacial score (nSPS) is 17.8. The van der Waals surface area contributed by atoms with E-state index in [1.807, 2.05) is 12.1 Å². The van der Waals surface area contributed by atoms with Crippen LogP contribution < -0.4 is 11.0 Å². The summed E-state index contributed by atoms with van der Waals surface area (Å²) in [7, 11) is -3.31. The van der Waals surface area contributed by atoms with Crippen molar-refractivity contribution in [3.05, 3.63) is 64.7 Å². The maximum absolute atomic E-state index is 12.7. The molecule has 2 aromatic heterocycles. The molecule has 1 fully saturated rings. The number of nitrogens with one attached hydrogen (secondary N) is 1. The van der Waals surface area contributed by atoms with Gasteiger partial charge in [-0.1, -0.05) is 18.2 Å². The molecule has 3 aromatic rings. The second-order valence-electron chi connectivity index (χ2n) is 7.52. The Kier molecular flexibility index (Phi) is 5.44. The van der Waals surface area contributed by atoms with Gasteiger partial charge in [-0.15, -0.1) is 5.10 Å². The van der Waals surface area contributed by atoms with Gasteiger partial charge in [0.2, 0.25) is 15.9 Å². The van der Waals surface area contributed by atoms with E-state index in [-0.39, 0.29) is 24.7 Å². The number of benzene rings is 1. The minimum Gasteiger partial charge on any atom is -0.326 e. The van der Waals surface area contributed by atoms with E-state index in [1.54, 1.807) is 36.5 Å². The number of carbonyl (C=O) groups is 1. The minimum atomic E-state index is -3.31. The Labute approximate surface area is 174 Å². The fraction of sp³-hybridized carbons (Fsp3) is 0.350. The highest BCUT2D eigenvalue weighted by molar-refractivity contribution is 7.88. The fourth-order valence-electron chi connectivity index (χ4n) is 3.69. The second kappa shape index (κ2) is 8.04. The first-order valence-corrected chi connectivity index (χ1v) is 11.6. The lowest BCUT2D eigenvalue weighted by atomic mass is 9.98. The molecule has 1 atom stereocenters. The van der Waals surface area contributed by atoms with E-state index in [0.29, 0.717) is 30.7 Å². The van der Waals surface area contributed by atoms with E-state index >= 15 is 0 Å². The van der Waals surface area contributed by atoms with Crippen LogP contribution in [-0.2, 0) is 21.4 Å². The Morgan fingerprint density at radius 3 is 2.83 bits per heavy atom. The predicted octanol–water partition coefficient (Wildman–Crippen LogP) is 1.15. The van der Waals surface area contributed by atoms with E-state index in [1.165, 1.54) is 13.4 Å². The molecule has 1 amide bonds. The highest BCUT2D eigenvalue weighted by atomic mass is 32.2. The number of sulfonamides is 1. The average Bonchev–Trinajstić information content (AvgIpc) is 3.03. The van der Waals surface area contributed by atoms with Gasteiger partial charge >= 0.3 is 5.69 Å². The van der Waals surface area contributed by atoms with Gasteiger partial charge in [0.25, 0.3) is 0 Å². The first kappa shape index (κ1) is 20.3. The number of piperidine rings is 1. The molecule has 1 aliphatic heterocycles. The number of pyridine rings is 1. The molecule has 158 valence electrons. The summed E-state index contributed by atoms with van der Waals surface area (Å²) in [5, 5.41) is 7.20. The molecule has 0 radical (unpaired) electrons. The van der Waals surface area contributed by atoms with Crippen molar-refractivity contribution < 1.29 is 13.2 Å². The van der Waals surface area contributed by atoms with Crippen LogP contribution in [0.1, 0.15) is 18.4 Å². The molecule has 1 saturated heterocycles. The molecule has 1 N–H and O–H groups in total. The Bertz CT molecular complexity index is 1250. The molecular weight excluding hydrogens is 406 g/mol. The number of hydrogen-bond acceptors (Lipinski definition) is 5. The zero-order chi connectivity index (χ0) is 21.3.